The number of amides is 2. The molecule has 0 aliphatic heterocycles. The number of hydrogen-bond donors (Lipinski definition) is 2. The number of nitrogens with one attached hydrogen (secondary N) is 2. The third kappa shape index (κ3) is 4.85. The first-order valence-corrected chi connectivity index (χ1v) is 6.36. The van der Waals surface area contributed by atoms with Gasteiger partial charge in [-0.15, -0.1) is 0 Å². The lowest BCUT2D eigenvalue weighted by Crippen LogP contribution is -2.42. The van der Waals surface area contributed by atoms with Crippen molar-refractivity contribution in [2.24, 2.45) is 0 Å². The fraction of sp³-hybridized carbons (Fsp3) is 0.333. The predicted molar refractivity (Wildman–Crippen MR) is 70.9 cm³/mol. The highest BCUT2D eigenvalue weighted by Gasteiger charge is 2.09. The average molecular weight is 315 g/mol. The van der Waals surface area contributed by atoms with Crippen LogP contribution in [-0.4, -0.2) is 25.0 Å². The fourth-order valence-electron chi connectivity index (χ4n) is 1.21. The van der Waals surface area contributed by atoms with Gasteiger partial charge in [-0.25, -0.2) is 0 Å². The second-order valence-corrected chi connectivity index (χ2v) is 4.28. The Morgan fingerprint density at radius 2 is 2.00 bits per heavy atom. The van der Waals surface area contributed by atoms with Gasteiger partial charge in [-0.3, -0.25) is 20.4 Å². The Balaban J connectivity index is 2.38. The molecule has 0 radical (unpaired) electrons. The number of halogens is 1. The zero-order chi connectivity index (χ0) is 13.4. The molecule has 2 N–H and O–H groups in total. The van der Waals surface area contributed by atoms with Gasteiger partial charge in [0.1, 0.15) is 0 Å². The van der Waals surface area contributed by atoms with Crippen molar-refractivity contribution in [3.63, 3.8) is 0 Å². The Morgan fingerprint density at radius 3 is 2.67 bits per heavy atom. The summed E-state index contributed by atoms with van der Waals surface area (Å²) in [7, 11) is 0. The van der Waals surface area contributed by atoms with Gasteiger partial charge in [0.25, 0.3) is 5.91 Å². The number of rotatable bonds is 5. The molecule has 6 heteroatoms. The minimum absolute atomic E-state index is 0.212. The maximum atomic E-state index is 11.7. The van der Waals surface area contributed by atoms with Crippen LogP contribution >= 0.6 is 15.9 Å². The minimum atomic E-state index is -0.368. The largest absolute Gasteiger partial charge is 0.381 e. The van der Waals surface area contributed by atoms with E-state index in [0.29, 0.717) is 23.2 Å². The van der Waals surface area contributed by atoms with Crippen molar-refractivity contribution in [2.45, 2.75) is 13.3 Å². The van der Waals surface area contributed by atoms with Crippen molar-refractivity contribution in [1.29, 1.82) is 0 Å². The molecule has 5 nitrogen and oxygen atoms in total. The summed E-state index contributed by atoms with van der Waals surface area (Å²) in [5.74, 6) is -0.656. The van der Waals surface area contributed by atoms with Crippen LogP contribution in [0.1, 0.15) is 23.7 Å². The Bertz CT molecular complexity index is 424. The molecule has 98 valence electrons. The second-order valence-electron chi connectivity index (χ2n) is 3.43. The summed E-state index contributed by atoms with van der Waals surface area (Å²) < 4.78 is 5.71. The van der Waals surface area contributed by atoms with E-state index in [-0.39, 0.29) is 18.2 Å². The molecule has 0 aromatic heterocycles. The van der Waals surface area contributed by atoms with Crippen LogP contribution in [0.4, 0.5) is 0 Å². The Labute approximate surface area is 114 Å². The summed E-state index contributed by atoms with van der Waals surface area (Å²) in [5.41, 5.74) is 5.13. The summed E-state index contributed by atoms with van der Waals surface area (Å²) in [6.07, 6.45) is 0.212. The van der Waals surface area contributed by atoms with Gasteiger partial charge in [0.05, 0.1) is 18.6 Å². The van der Waals surface area contributed by atoms with Gasteiger partial charge in [-0.1, -0.05) is 12.1 Å². The molecular weight excluding hydrogens is 300 g/mol. The molecule has 0 heterocycles. The van der Waals surface area contributed by atoms with E-state index in [9.17, 15) is 9.59 Å². The minimum Gasteiger partial charge on any atom is -0.381 e. The first-order valence-electron chi connectivity index (χ1n) is 5.56. The molecule has 0 unspecified atom stereocenters. The number of carbonyl (C=O) groups is 2. The molecule has 1 aromatic rings. The van der Waals surface area contributed by atoms with E-state index in [4.69, 9.17) is 4.74 Å². The van der Waals surface area contributed by atoms with Crippen LogP contribution < -0.4 is 10.9 Å². The van der Waals surface area contributed by atoms with Crippen molar-refractivity contribution in [3.8, 4) is 0 Å². The molecule has 1 rings (SSSR count). The lowest BCUT2D eigenvalue weighted by Gasteiger charge is -2.08. The predicted octanol–water partition coefficient (Wildman–Crippen LogP) is 1.64. The Morgan fingerprint density at radius 1 is 1.28 bits per heavy atom. The Hall–Kier alpha value is -1.40. The topological polar surface area (TPSA) is 67.4 Å². The van der Waals surface area contributed by atoms with Crippen LogP contribution in [0.5, 0.6) is 0 Å². The van der Waals surface area contributed by atoms with Gasteiger partial charge in [-0.05, 0) is 35.0 Å². The van der Waals surface area contributed by atoms with Crippen LogP contribution in [0.25, 0.3) is 0 Å². The monoisotopic (exact) mass is 314 g/mol. The Kier molecular flexibility index (Phi) is 6.38. The molecule has 0 atom stereocenters. The molecule has 0 spiro atoms. The molecular formula is C12H15BrN2O3. The summed E-state index contributed by atoms with van der Waals surface area (Å²) in [6, 6.07) is 6.97. The molecule has 0 bridgehead atoms. The van der Waals surface area contributed by atoms with Crippen LogP contribution in [0, 0.1) is 0 Å². The van der Waals surface area contributed by atoms with Gasteiger partial charge in [0.2, 0.25) is 5.91 Å². The smallest absolute Gasteiger partial charge is 0.270 e. The molecule has 1 aromatic carbocycles. The van der Waals surface area contributed by atoms with Crippen molar-refractivity contribution >= 4 is 27.7 Å². The van der Waals surface area contributed by atoms with Gasteiger partial charge >= 0.3 is 0 Å². The van der Waals surface area contributed by atoms with Crippen molar-refractivity contribution in [1.82, 2.24) is 10.9 Å². The van der Waals surface area contributed by atoms with Crippen LogP contribution in [0.3, 0.4) is 0 Å². The molecule has 0 saturated heterocycles. The maximum Gasteiger partial charge on any atom is 0.270 e. The van der Waals surface area contributed by atoms with Crippen LogP contribution in [-0.2, 0) is 9.53 Å². The fourth-order valence-corrected chi connectivity index (χ4v) is 1.68. The third-order valence-corrected chi connectivity index (χ3v) is 2.80. The molecule has 0 aliphatic rings. The lowest BCUT2D eigenvalue weighted by molar-refractivity contribution is -0.122. The lowest BCUT2D eigenvalue weighted by atomic mass is 10.2. The SMILES string of the molecule is CCOCCC(=O)NNC(=O)c1ccccc1Br. The summed E-state index contributed by atoms with van der Waals surface area (Å²) in [5, 5.41) is 0. The molecule has 2 amide bonds. The zero-order valence-electron chi connectivity index (χ0n) is 10.0. The number of hydrazine groups is 1. The van der Waals surface area contributed by atoms with Gasteiger partial charge in [-0.2, -0.15) is 0 Å². The number of ether oxygens (including phenoxy) is 1. The molecule has 18 heavy (non-hydrogen) atoms. The number of carbonyl (C=O) groups excluding carboxylic acids is 2. The van der Waals surface area contributed by atoms with E-state index >= 15 is 0 Å². The number of benzene rings is 1. The van der Waals surface area contributed by atoms with E-state index in [1.807, 2.05) is 13.0 Å². The summed E-state index contributed by atoms with van der Waals surface area (Å²) >= 11 is 3.26. The van der Waals surface area contributed by atoms with E-state index in [1.165, 1.54) is 0 Å². The van der Waals surface area contributed by atoms with Crippen LogP contribution in [0.2, 0.25) is 0 Å². The summed E-state index contributed by atoms with van der Waals surface area (Å²) in [4.78, 5) is 23.0. The summed E-state index contributed by atoms with van der Waals surface area (Å²) in [6.45, 7) is 2.76. The van der Waals surface area contributed by atoms with E-state index in [0.717, 1.165) is 0 Å². The second kappa shape index (κ2) is 7.84. The highest BCUT2D eigenvalue weighted by molar-refractivity contribution is 9.10. The average Bonchev–Trinajstić information content (AvgIpc) is 2.37. The molecule has 0 fully saturated rings. The standard InChI is InChI=1S/C12H15BrN2O3/c1-2-18-8-7-11(16)14-15-12(17)9-5-3-4-6-10(9)13/h3-6H,2,7-8H2,1H3,(H,14,16)(H,15,17). The number of hydrogen-bond acceptors (Lipinski definition) is 3. The van der Waals surface area contributed by atoms with Crippen molar-refractivity contribution in [2.75, 3.05) is 13.2 Å². The van der Waals surface area contributed by atoms with Gasteiger partial charge in [0.15, 0.2) is 0 Å². The molecule has 0 aliphatic carbocycles. The first kappa shape index (κ1) is 14.7. The van der Waals surface area contributed by atoms with E-state index in [2.05, 4.69) is 26.8 Å². The third-order valence-electron chi connectivity index (χ3n) is 2.11. The van der Waals surface area contributed by atoms with Gasteiger partial charge in [0, 0.05) is 11.1 Å². The highest BCUT2D eigenvalue weighted by Crippen LogP contribution is 2.14. The van der Waals surface area contributed by atoms with E-state index < -0.39 is 0 Å². The van der Waals surface area contributed by atoms with Crippen molar-refractivity contribution in [3.05, 3.63) is 34.3 Å². The van der Waals surface area contributed by atoms with Crippen LogP contribution in [0.15, 0.2) is 28.7 Å². The first-order chi connectivity index (χ1) is 8.65. The maximum absolute atomic E-state index is 11.7. The molecule has 0 saturated carbocycles. The highest BCUT2D eigenvalue weighted by atomic mass is 79.9. The normalized spacial score (nSPS) is 9.89. The zero-order valence-corrected chi connectivity index (χ0v) is 11.6. The quantitative estimate of drug-likeness (QED) is 0.641. The van der Waals surface area contributed by atoms with E-state index in [1.54, 1.807) is 18.2 Å². The van der Waals surface area contributed by atoms with Gasteiger partial charge < -0.3 is 4.74 Å². The van der Waals surface area contributed by atoms with Crippen molar-refractivity contribution < 1.29 is 14.3 Å².